The van der Waals surface area contributed by atoms with E-state index in [1.807, 2.05) is 0 Å². The summed E-state index contributed by atoms with van der Waals surface area (Å²) in [7, 11) is 0. The van der Waals surface area contributed by atoms with E-state index in [4.69, 9.17) is 0 Å². The summed E-state index contributed by atoms with van der Waals surface area (Å²) in [5, 5.41) is 0. The van der Waals surface area contributed by atoms with Crippen molar-refractivity contribution in [1.29, 1.82) is 0 Å². The van der Waals surface area contributed by atoms with E-state index in [9.17, 15) is 0 Å². The van der Waals surface area contributed by atoms with Crippen LogP contribution >= 0.6 is 0 Å². The zero-order valence-corrected chi connectivity index (χ0v) is 7.97. The first-order chi connectivity index (χ1) is 5.86. The summed E-state index contributed by atoms with van der Waals surface area (Å²) in [6.07, 6.45) is 2.07. The van der Waals surface area contributed by atoms with Gasteiger partial charge in [0.1, 0.15) is 0 Å². The van der Waals surface area contributed by atoms with E-state index in [-0.39, 0.29) is 0 Å². The SMILES string of the molecule is [CH2]CCN1CCN(CC[CH2])CC1. The average molecular weight is 168 g/mol. The molecule has 1 saturated heterocycles. The highest BCUT2D eigenvalue weighted by atomic mass is 15.3. The lowest BCUT2D eigenvalue weighted by Crippen LogP contribution is -2.46. The van der Waals surface area contributed by atoms with Crippen molar-refractivity contribution in [2.45, 2.75) is 12.8 Å². The van der Waals surface area contributed by atoms with E-state index >= 15 is 0 Å². The van der Waals surface area contributed by atoms with E-state index in [1.165, 1.54) is 26.2 Å². The zero-order valence-electron chi connectivity index (χ0n) is 7.97. The molecule has 1 aliphatic heterocycles. The first kappa shape index (κ1) is 10.0. The fourth-order valence-corrected chi connectivity index (χ4v) is 1.68. The highest BCUT2D eigenvalue weighted by molar-refractivity contribution is 4.71. The second-order valence-corrected chi connectivity index (χ2v) is 3.39. The summed E-state index contributed by atoms with van der Waals surface area (Å²) in [5.41, 5.74) is 0. The van der Waals surface area contributed by atoms with E-state index in [0.29, 0.717) is 0 Å². The summed E-state index contributed by atoms with van der Waals surface area (Å²) in [5.74, 6) is 0. The quantitative estimate of drug-likeness (QED) is 0.619. The predicted octanol–water partition coefficient (Wildman–Crippen LogP) is 1.05. The molecule has 2 nitrogen and oxygen atoms in total. The van der Waals surface area contributed by atoms with Gasteiger partial charge < -0.3 is 9.80 Å². The van der Waals surface area contributed by atoms with Gasteiger partial charge in [-0.15, -0.1) is 0 Å². The number of piperazine rings is 1. The fourth-order valence-electron chi connectivity index (χ4n) is 1.68. The molecule has 1 rings (SSSR count). The molecule has 0 spiro atoms. The van der Waals surface area contributed by atoms with E-state index in [1.54, 1.807) is 0 Å². The van der Waals surface area contributed by atoms with Gasteiger partial charge in [0.2, 0.25) is 0 Å². The number of rotatable bonds is 4. The molecule has 70 valence electrons. The van der Waals surface area contributed by atoms with E-state index in [0.717, 1.165) is 25.9 Å². The Kier molecular flexibility index (Phi) is 4.62. The zero-order chi connectivity index (χ0) is 8.81. The molecule has 12 heavy (non-hydrogen) atoms. The van der Waals surface area contributed by atoms with Gasteiger partial charge in [-0.3, -0.25) is 0 Å². The minimum absolute atomic E-state index is 1.04. The lowest BCUT2D eigenvalue weighted by molar-refractivity contribution is 0.135. The number of hydrogen-bond donors (Lipinski definition) is 0. The first-order valence-electron chi connectivity index (χ1n) is 4.90. The Morgan fingerprint density at radius 1 is 0.750 bits per heavy atom. The van der Waals surface area contributed by atoms with Gasteiger partial charge >= 0.3 is 0 Å². The molecule has 1 heterocycles. The standard InChI is InChI=1S/C10H20N2/c1-3-5-11-7-9-12(6-4-2)10-8-11/h1-10H2. The summed E-state index contributed by atoms with van der Waals surface area (Å²) < 4.78 is 0. The van der Waals surface area contributed by atoms with Gasteiger partial charge in [0.25, 0.3) is 0 Å². The molecule has 0 aromatic carbocycles. The molecule has 1 fully saturated rings. The highest BCUT2D eigenvalue weighted by Crippen LogP contribution is 2.02. The van der Waals surface area contributed by atoms with Gasteiger partial charge in [0.05, 0.1) is 0 Å². The van der Waals surface area contributed by atoms with Crippen LogP contribution in [-0.2, 0) is 0 Å². The van der Waals surface area contributed by atoms with Gasteiger partial charge in [-0.25, -0.2) is 0 Å². The minimum atomic E-state index is 1.04. The summed E-state index contributed by atoms with van der Waals surface area (Å²) in [6, 6.07) is 0. The van der Waals surface area contributed by atoms with Crippen molar-refractivity contribution in [2.75, 3.05) is 39.3 Å². The van der Waals surface area contributed by atoms with Crippen molar-refractivity contribution >= 4 is 0 Å². The average Bonchev–Trinajstić information content (AvgIpc) is 2.09. The summed E-state index contributed by atoms with van der Waals surface area (Å²) in [6.45, 7) is 14.9. The third-order valence-corrected chi connectivity index (χ3v) is 2.41. The van der Waals surface area contributed by atoms with Crippen LogP contribution in [0.25, 0.3) is 0 Å². The molecule has 0 aromatic rings. The Morgan fingerprint density at radius 2 is 1.08 bits per heavy atom. The van der Waals surface area contributed by atoms with Crippen LogP contribution in [0.2, 0.25) is 0 Å². The summed E-state index contributed by atoms with van der Waals surface area (Å²) >= 11 is 0. The molecule has 2 heteroatoms. The van der Waals surface area contributed by atoms with Crippen LogP contribution < -0.4 is 0 Å². The third kappa shape index (κ3) is 3.11. The highest BCUT2D eigenvalue weighted by Gasteiger charge is 2.14. The van der Waals surface area contributed by atoms with Crippen LogP contribution in [0.15, 0.2) is 0 Å². The third-order valence-electron chi connectivity index (χ3n) is 2.41. The summed E-state index contributed by atoms with van der Waals surface area (Å²) in [4.78, 5) is 4.99. The normalized spacial score (nSPS) is 21.5. The molecule has 0 bridgehead atoms. The smallest absolute Gasteiger partial charge is 0.0110 e. The topological polar surface area (TPSA) is 6.48 Å². The second-order valence-electron chi connectivity index (χ2n) is 3.39. The molecule has 0 atom stereocenters. The molecule has 0 unspecified atom stereocenters. The Bertz CT molecular complexity index is 92.4. The van der Waals surface area contributed by atoms with Crippen molar-refractivity contribution in [1.82, 2.24) is 9.80 Å². The maximum absolute atomic E-state index is 3.87. The second kappa shape index (κ2) is 5.55. The molecule has 0 aromatic heterocycles. The lowest BCUT2D eigenvalue weighted by Gasteiger charge is -2.34. The molecule has 2 radical (unpaired) electrons. The number of nitrogens with zero attached hydrogens (tertiary/aromatic N) is 2. The molecule has 0 aliphatic carbocycles. The van der Waals surface area contributed by atoms with Crippen LogP contribution in [0.3, 0.4) is 0 Å². The van der Waals surface area contributed by atoms with Crippen molar-refractivity contribution in [2.24, 2.45) is 0 Å². The predicted molar refractivity (Wildman–Crippen MR) is 52.8 cm³/mol. The number of hydrogen-bond acceptors (Lipinski definition) is 2. The molecule has 0 N–H and O–H groups in total. The van der Waals surface area contributed by atoms with E-state index < -0.39 is 0 Å². The lowest BCUT2D eigenvalue weighted by atomic mass is 10.3. The van der Waals surface area contributed by atoms with Gasteiger partial charge in [-0.2, -0.15) is 0 Å². The monoisotopic (exact) mass is 168 g/mol. The Labute approximate surface area is 76.5 Å². The van der Waals surface area contributed by atoms with Crippen LogP contribution in [0.1, 0.15) is 12.8 Å². The molecule has 0 saturated carbocycles. The Balaban J connectivity index is 2.11. The van der Waals surface area contributed by atoms with Crippen LogP contribution in [0.4, 0.5) is 0 Å². The maximum atomic E-state index is 3.87. The molecular formula is C10H20N2. The van der Waals surface area contributed by atoms with Crippen molar-refractivity contribution in [3.8, 4) is 0 Å². The fraction of sp³-hybridized carbons (Fsp3) is 0.800. The van der Waals surface area contributed by atoms with Crippen molar-refractivity contribution in [3.63, 3.8) is 0 Å². The van der Waals surface area contributed by atoms with E-state index in [2.05, 4.69) is 23.6 Å². The van der Waals surface area contributed by atoms with Crippen LogP contribution in [-0.4, -0.2) is 49.1 Å². The Morgan fingerprint density at radius 3 is 1.33 bits per heavy atom. The van der Waals surface area contributed by atoms with Crippen molar-refractivity contribution in [3.05, 3.63) is 13.8 Å². The van der Waals surface area contributed by atoms with Gasteiger partial charge in [-0.05, 0) is 25.9 Å². The van der Waals surface area contributed by atoms with Gasteiger partial charge in [-0.1, -0.05) is 13.8 Å². The van der Waals surface area contributed by atoms with Gasteiger partial charge in [0, 0.05) is 26.2 Å². The largest absolute Gasteiger partial charge is 0.301 e. The first-order valence-corrected chi connectivity index (χ1v) is 4.90. The van der Waals surface area contributed by atoms with Crippen molar-refractivity contribution < 1.29 is 0 Å². The Hall–Kier alpha value is -0.0800. The molecular weight excluding hydrogens is 148 g/mol. The molecule has 1 aliphatic rings. The maximum Gasteiger partial charge on any atom is 0.0110 e. The van der Waals surface area contributed by atoms with Gasteiger partial charge in [0.15, 0.2) is 0 Å². The van der Waals surface area contributed by atoms with Crippen LogP contribution in [0, 0.1) is 13.8 Å². The molecule has 0 amide bonds. The minimum Gasteiger partial charge on any atom is -0.301 e. The van der Waals surface area contributed by atoms with Crippen LogP contribution in [0.5, 0.6) is 0 Å².